The van der Waals surface area contributed by atoms with Crippen LogP contribution >= 0.6 is 15.9 Å². The predicted molar refractivity (Wildman–Crippen MR) is 194 cm³/mol. The minimum atomic E-state index is -4.27. The number of amides is 2. The number of carbonyl (C=O) groups excluding carboxylic acids is 2. The standard InChI is InChI=1S/C38H42BrN3O6S/c1-27-16-18-31(19-17-27)42(49(45,46)33-20-21-36(48-3)34(39)24-33)26-37(43)41(25-29-12-9-15-32(22-29)47-2)35(23-28-10-5-4-6-11-28)38(44)40-30-13-7-8-14-30/h4-6,9-12,15-22,24,30,35H,7-8,13-14,23,25-26H2,1-3H3,(H,40,44)/t35-/m0/s1. The van der Waals surface area contributed by atoms with Crippen LogP contribution in [0.25, 0.3) is 0 Å². The fraction of sp³-hybridized carbons (Fsp3) is 0.316. The van der Waals surface area contributed by atoms with Crippen LogP contribution < -0.4 is 19.1 Å². The van der Waals surface area contributed by atoms with E-state index < -0.39 is 28.5 Å². The molecule has 1 fully saturated rings. The maximum Gasteiger partial charge on any atom is 0.264 e. The Balaban J connectivity index is 1.58. The Morgan fingerprint density at radius 3 is 2.22 bits per heavy atom. The number of hydrogen-bond acceptors (Lipinski definition) is 6. The molecule has 1 saturated carbocycles. The molecule has 5 rings (SSSR count). The molecule has 0 bridgehead atoms. The number of sulfonamides is 1. The molecule has 0 heterocycles. The van der Waals surface area contributed by atoms with Gasteiger partial charge in [0.15, 0.2) is 0 Å². The summed E-state index contributed by atoms with van der Waals surface area (Å²) in [5.74, 6) is 0.283. The number of anilines is 1. The van der Waals surface area contributed by atoms with Crippen LogP contribution in [0, 0.1) is 6.92 Å². The monoisotopic (exact) mass is 747 g/mol. The summed E-state index contributed by atoms with van der Waals surface area (Å²) in [7, 11) is -1.21. The zero-order chi connectivity index (χ0) is 35.0. The summed E-state index contributed by atoms with van der Waals surface area (Å²) in [6.07, 6.45) is 4.07. The van der Waals surface area contributed by atoms with Gasteiger partial charge >= 0.3 is 0 Å². The molecule has 0 spiro atoms. The summed E-state index contributed by atoms with van der Waals surface area (Å²) in [5, 5.41) is 3.20. The van der Waals surface area contributed by atoms with E-state index >= 15 is 0 Å². The Morgan fingerprint density at radius 2 is 1.57 bits per heavy atom. The minimum Gasteiger partial charge on any atom is -0.497 e. The highest BCUT2D eigenvalue weighted by Gasteiger charge is 2.36. The molecular formula is C38H42BrN3O6S. The molecule has 0 radical (unpaired) electrons. The maximum absolute atomic E-state index is 14.8. The molecule has 258 valence electrons. The van der Waals surface area contributed by atoms with Crippen molar-refractivity contribution in [3.63, 3.8) is 0 Å². The normalized spacial score (nSPS) is 13.8. The number of nitrogens with one attached hydrogen (secondary N) is 1. The van der Waals surface area contributed by atoms with Crippen molar-refractivity contribution >= 4 is 43.5 Å². The Bertz CT molecular complexity index is 1850. The van der Waals surface area contributed by atoms with Gasteiger partial charge in [0.25, 0.3) is 10.0 Å². The van der Waals surface area contributed by atoms with Crippen LogP contribution in [0.15, 0.2) is 106 Å². The smallest absolute Gasteiger partial charge is 0.264 e. The van der Waals surface area contributed by atoms with Gasteiger partial charge in [-0.3, -0.25) is 13.9 Å². The van der Waals surface area contributed by atoms with Crippen LogP contribution in [0.1, 0.15) is 42.4 Å². The van der Waals surface area contributed by atoms with Gasteiger partial charge in [-0.15, -0.1) is 0 Å². The number of aryl methyl sites for hydroxylation is 1. The molecule has 1 aliphatic carbocycles. The molecular weight excluding hydrogens is 706 g/mol. The van der Waals surface area contributed by atoms with Crippen molar-refractivity contribution < 1.29 is 27.5 Å². The average molecular weight is 749 g/mol. The predicted octanol–water partition coefficient (Wildman–Crippen LogP) is 6.67. The lowest BCUT2D eigenvalue weighted by Gasteiger charge is -2.34. The second-order valence-corrected chi connectivity index (χ2v) is 14.9. The van der Waals surface area contributed by atoms with Crippen LogP contribution in [-0.4, -0.2) is 58.0 Å². The van der Waals surface area contributed by atoms with Crippen LogP contribution in [0.4, 0.5) is 5.69 Å². The molecule has 0 aliphatic heterocycles. The highest BCUT2D eigenvalue weighted by molar-refractivity contribution is 9.10. The van der Waals surface area contributed by atoms with E-state index in [1.54, 1.807) is 37.4 Å². The molecule has 9 nitrogen and oxygen atoms in total. The molecule has 0 unspecified atom stereocenters. The van der Waals surface area contributed by atoms with E-state index in [0.29, 0.717) is 21.7 Å². The van der Waals surface area contributed by atoms with E-state index in [1.165, 1.54) is 24.1 Å². The number of methoxy groups -OCH3 is 2. The van der Waals surface area contributed by atoms with Crippen LogP contribution in [0.3, 0.4) is 0 Å². The zero-order valence-corrected chi connectivity index (χ0v) is 30.4. The minimum absolute atomic E-state index is 0.0206. The van der Waals surface area contributed by atoms with E-state index in [2.05, 4.69) is 21.2 Å². The van der Waals surface area contributed by atoms with Gasteiger partial charge in [-0.1, -0.05) is 73.0 Å². The van der Waals surface area contributed by atoms with Gasteiger partial charge in [0.1, 0.15) is 24.1 Å². The number of nitrogens with zero attached hydrogens (tertiary/aromatic N) is 2. The fourth-order valence-corrected chi connectivity index (χ4v) is 8.20. The third-order valence-electron chi connectivity index (χ3n) is 8.77. The quantitative estimate of drug-likeness (QED) is 0.155. The van der Waals surface area contributed by atoms with E-state index in [0.717, 1.165) is 46.7 Å². The first-order valence-electron chi connectivity index (χ1n) is 16.3. The van der Waals surface area contributed by atoms with Crippen molar-refractivity contribution in [2.45, 2.75) is 62.6 Å². The second kappa shape index (κ2) is 16.4. The van der Waals surface area contributed by atoms with Crippen molar-refractivity contribution in [3.8, 4) is 11.5 Å². The van der Waals surface area contributed by atoms with Gasteiger partial charge in [0.05, 0.1) is 29.3 Å². The number of rotatable bonds is 14. The first kappa shape index (κ1) is 35.9. The lowest BCUT2D eigenvalue weighted by molar-refractivity contribution is -0.140. The summed E-state index contributed by atoms with van der Waals surface area (Å²) in [6.45, 7) is 1.42. The van der Waals surface area contributed by atoms with Gasteiger partial charge in [-0.2, -0.15) is 0 Å². The first-order valence-corrected chi connectivity index (χ1v) is 18.5. The topological polar surface area (TPSA) is 105 Å². The van der Waals surface area contributed by atoms with Crippen molar-refractivity contribution in [2.24, 2.45) is 0 Å². The molecule has 11 heteroatoms. The molecule has 2 amide bonds. The maximum atomic E-state index is 14.8. The molecule has 0 saturated heterocycles. The zero-order valence-electron chi connectivity index (χ0n) is 28.0. The van der Waals surface area contributed by atoms with Gasteiger partial charge in [-0.25, -0.2) is 8.42 Å². The molecule has 4 aromatic rings. The van der Waals surface area contributed by atoms with E-state index in [9.17, 15) is 18.0 Å². The second-order valence-electron chi connectivity index (χ2n) is 12.2. The Morgan fingerprint density at radius 1 is 0.878 bits per heavy atom. The summed E-state index contributed by atoms with van der Waals surface area (Å²) in [6, 6.07) is 27.4. The summed E-state index contributed by atoms with van der Waals surface area (Å²) >= 11 is 3.40. The Hall–Kier alpha value is -4.35. The van der Waals surface area contributed by atoms with E-state index in [4.69, 9.17) is 9.47 Å². The van der Waals surface area contributed by atoms with Crippen LogP contribution in [0.5, 0.6) is 11.5 Å². The molecule has 1 atom stereocenters. The number of halogens is 1. The third kappa shape index (κ3) is 9.01. The van der Waals surface area contributed by atoms with Gasteiger partial charge in [-0.05, 0) is 89.3 Å². The number of carbonyl (C=O) groups is 2. The first-order chi connectivity index (χ1) is 23.6. The fourth-order valence-electron chi connectivity index (χ4n) is 6.06. The van der Waals surface area contributed by atoms with Gasteiger partial charge < -0.3 is 19.7 Å². The summed E-state index contributed by atoms with van der Waals surface area (Å²) in [4.78, 5) is 30.4. The molecule has 1 aliphatic rings. The Labute approximate surface area is 297 Å². The largest absolute Gasteiger partial charge is 0.497 e. The highest BCUT2D eigenvalue weighted by atomic mass is 79.9. The van der Waals surface area contributed by atoms with Crippen LogP contribution in [0.2, 0.25) is 0 Å². The summed E-state index contributed by atoms with van der Waals surface area (Å²) in [5.41, 5.74) is 2.87. The number of hydrogen-bond donors (Lipinski definition) is 1. The average Bonchev–Trinajstić information content (AvgIpc) is 3.62. The van der Waals surface area contributed by atoms with E-state index in [1.807, 2.05) is 61.5 Å². The number of ether oxygens (including phenoxy) is 2. The Kier molecular flexibility index (Phi) is 12.0. The summed E-state index contributed by atoms with van der Waals surface area (Å²) < 4.78 is 41.1. The third-order valence-corrected chi connectivity index (χ3v) is 11.2. The number of benzene rings is 4. The van der Waals surface area contributed by atoms with Crippen molar-refractivity contribution in [2.75, 3.05) is 25.1 Å². The molecule has 49 heavy (non-hydrogen) atoms. The van der Waals surface area contributed by atoms with E-state index in [-0.39, 0.29) is 29.8 Å². The van der Waals surface area contributed by atoms with Crippen LogP contribution in [-0.2, 0) is 32.6 Å². The molecule has 0 aromatic heterocycles. The van der Waals surface area contributed by atoms with Gasteiger partial charge in [0, 0.05) is 19.0 Å². The van der Waals surface area contributed by atoms with Crippen molar-refractivity contribution in [3.05, 3.63) is 118 Å². The van der Waals surface area contributed by atoms with Crippen molar-refractivity contribution in [1.29, 1.82) is 0 Å². The highest BCUT2D eigenvalue weighted by Crippen LogP contribution is 2.31. The molecule has 1 N–H and O–H groups in total. The lowest BCUT2D eigenvalue weighted by atomic mass is 10.0. The SMILES string of the molecule is COc1cccc(CN(C(=O)CN(c2ccc(C)cc2)S(=O)(=O)c2ccc(OC)c(Br)c2)[C@@H](Cc2ccccc2)C(=O)NC2CCCC2)c1. The molecule has 4 aromatic carbocycles. The lowest BCUT2D eigenvalue weighted by Crippen LogP contribution is -2.54. The van der Waals surface area contributed by atoms with Gasteiger partial charge in [0.2, 0.25) is 11.8 Å². The van der Waals surface area contributed by atoms with Crippen molar-refractivity contribution in [1.82, 2.24) is 10.2 Å².